The molecule has 1 N–H and O–H groups in total. The van der Waals surface area contributed by atoms with Crippen LogP contribution in [0.1, 0.15) is 43.7 Å². The van der Waals surface area contributed by atoms with Crippen molar-refractivity contribution < 1.29 is 22.7 Å². The number of fused-ring (bicyclic) bond motifs is 1. The van der Waals surface area contributed by atoms with Crippen molar-refractivity contribution in [1.29, 1.82) is 0 Å². The average molecular weight is 431 g/mol. The molecule has 0 radical (unpaired) electrons. The maximum Gasteiger partial charge on any atom is 0.306 e. The number of nitrogens with one attached hydrogen (secondary N) is 1. The summed E-state index contributed by atoms with van der Waals surface area (Å²) in [7, 11) is -3.50. The molecule has 1 aliphatic rings. The first-order chi connectivity index (χ1) is 14.5. The second-order valence-electron chi connectivity index (χ2n) is 6.84. The summed E-state index contributed by atoms with van der Waals surface area (Å²) in [5.41, 5.74) is 1.45. The van der Waals surface area contributed by atoms with Gasteiger partial charge in [0, 0.05) is 24.1 Å². The van der Waals surface area contributed by atoms with Crippen LogP contribution >= 0.6 is 0 Å². The van der Waals surface area contributed by atoms with Gasteiger partial charge in [-0.3, -0.25) is 14.5 Å². The number of ether oxygens (including phenoxy) is 2. The van der Waals surface area contributed by atoms with Gasteiger partial charge in [-0.05, 0) is 38.0 Å². The molecule has 2 aromatic rings. The third-order valence-corrected chi connectivity index (χ3v) is 6.03. The number of carbonyl (C=O) groups is 1. The number of para-hydroxylation sites is 1. The smallest absolute Gasteiger partial charge is 0.306 e. The first-order valence-corrected chi connectivity index (χ1v) is 11.5. The van der Waals surface area contributed by atoms with Gasteiger partial charge in [0.25, 0.3) is 10.0 Å². The zero-order chi connectivity index (χ0) is 21.4. The minimum atomic E-state index is -3.50. The minimum Gasteiger partial charge on any atom is -0.493 e. The molecular weight excluding hydrogens is 404 g/mol. The number of aliphatic imine (C=N–C) groups is 1. The Balaban J connectivity index is 1.37. The molecule has 0 bridgehead atoms. The molecule has 3 rings (SSSR count). The fourth-order valence-corrected chi connectivity index (χ4v) is 4.40. The summed E-state index contributed by atoms with van der Waals surface area (Å²) in [4.78, 5) is 16.6. The van der Waals surface area contributed by atoms with Crippen molar-refractivity contribution in [2.75, 3.05) is 13.2 Å². The number of carbonyl (C=O) groups excluding carboxylic acids is 1. The van der Waals surface area contributed by atoms with Gasteiger partial charge in [0.1, 0.15) is 18.2 Å². The second-order valence-corrected chi connectivity index (χ2v) is 8.49. The van der Waals surface area contributed by atoms with Crippen molar-refractivity contribution in [2.24, 2.45) is 4.99 Å². The number of hydrogen-bond donors (Lipinski definition) is 1. The Morgan fingerprint density at radius 2 is 1.80 bits per heavy atom. The lowest BCUT2D eigenvalue weighted by Gasteiger charge is -2.10. The maximum absolute atomic E-state index is 12.0. The number of benzene rings is 2. The number of unbranched alkanes of at least 4 members (excludes halogenated alkanes) is 2. The molecule has 0 spiro atoms. The van der Waals surface area contributed by atoms with Gasteiger partial charge in [-0.25, -0.2) is 8.42 Å². The number of esters is 1. The molecule has 1 aliphatic heterocycles. The lowest BCUT2D eigenvalue weighted by atomic mass is 10.2. The van der Waals surface area contributed by atoms with Crippen molar-refractivity contribution in [3.8, 4) is 5.75 Å². The summed E-state index contributed by atoms with van der Waals surface area (Å²) >= 11 is 0. The van der Waals surface area contributed by atoms with E-state index in [4.69, 9.17) is 9.47 Å². The van der Waals surface area contributed by atoms with E-state index in [1.165, 1.54) is 0 Å². The molecule has 0 atom stereocenters. The summed E-state index contributed by atoms with van der Waals surface area (Å²) in [6.45, 7) is 3.15. The van der Waals surface area contributed by atoms with Gasteiger partial charge in [-0.1, -0.05) is 36.8 Å². The van der Waals surface area contributed by atoms with Gasteiger partial charge in [0.05, 0.1) is 11.5 Å². The van der Waals surface area contributed by atoms with Gasteiger partial charge >= 0.3 is 5.97 Å². The number of rotatable bonds is 10. The van der Waals surface area contributed by atoms with Crippen molar-refractivity contribution in [2.45, 2.75) is 44.1 Å². The van der Waals surface area contributed by atoms with Crippen molar-refractivity contribution in [1.82, 2.24) is 4.72 Å². The van der Waals surface area contributed by atoms with Crippen LogP contribution < -0.4 is 9.46 Å². The zero-order valence-electron chi connectivity index (χ0n) is 17.0. The minimum absolute atomic E-state index is 0.197. The summed E-state index contributed by atoms with van der Waals surface area (Å²) in [6, 6.07) is 14.3. The van der Waals surface area contributed by atoms with Gasteiger partial charge in [0.15, 0.2) is 0 Å². The average Bonchev–Trinajstić information content (AvgIpc) is 3.00. The Labute approximate surface area is 177 Å². The van der Waals surface area contributed by atoms with Crippen molar-refractivity contribution in [3.63, 3.8) is 0 Å². The van der Waals surface area contributed by atoms with E-state index in [1.54, 1.807) is 24.3 Å². The molecule has 0 unspecified atom stereocenters. The van der Waals surface area contributed by atoms with E-state index in [9.17, 15) is 13.2 Å². The highest BCUT2D eigenvalue weighted by Gasteiger charge is 2.29. The number of sulfonamides is 1. The van der Waals surface area contributed by atoms with E-state index < -0.39 is 10.0 Å². The fourth-order valence-electron chi connectivity index (χ4n) is 3.15. The molecule has 160 valence electrons. The summed E-state index contributed by atoms with van der Waals surface area (Å²) in [5, 5.41) is 0. The Hall–Kier alpha value is -2.87. The molecule has 0 fully saturated rings. The molecule has 7 nitrogen and oxygen atoms in total. The van der Waals surface area contributed by atoms with E-state index in [0.717, 1.165) is 24.2 Å². The monoisotopic (exact) mass is 430 g/mol. The number of amidine groups is 1. The van der Waals surface area contributed by atoms with E-state index in [-0.39, 0.29) is 17.5 Å². The third kappa shape index (κ3) is 5.60. The Bertz CT molecular complexity index is 1020. The molecule has 0 amide bonds. The van der Waals surface area contributed by atoms with Crippen molar-refractivity contribution >= 4 is 21.8 Å². The van der Waals surface area contributed by atoms with E-state index in [1.807, 2.05) is 31.2 Å². The molecule has 2 aromatic carbocycles. The summed E-state index contributed by atoms with van der Waals surface area (Å²) < 4.78 is 37.4. The molecular formula is C22H26N2O5S. The highest BCUT2D eigenvalue weighted by Crippen LogP contribution is 2.22. The first-order valence-electron chi connectivity index (χ1n) is 10.0. The van der Waals surface area contributed by atoms with Gasteiger partial charge in [0.2, 0.25) is 0 Å². The lowest BCUT2D eigenvalue weighted by molar-refractivity contribution is -0.145. The second kappa shape index (κ2) is 10.2. The molecule has 8 heteroatoms. The van der Waals surface area contributed by atoms with E-state index >= 15 is 0 Å². The normalized spacial score (nSPS) is 15.4. The Morgan fingerprint density at radius 3 is 2.63 bits per heavy atom. The third-order valence-electron chi connectivity index (χ3n) is 4.63. The maximum atomic E-state index is 12.0. The van der Waals surface area contributed by atoms with Crippen LogP contribution in [0.3, 0.4) is 0 Å². The Morgan fingerprint density at radius 1 is 1.03 bits per heavy atom. The number of hydrogen-bond acceptors (Lipinski definition) is 6. The topological polar surface area (TPSA) is 94.1 Å². The van der Waals surface area contributed by atoms with Crippen LogP contribution in [0.5, 0.6) is 5.75 Å². The molecule has 0 saturated heterocycles. The van der Waals surface area contributed by atoms with Gasteiger partial charge in [-0.2, -0.15) is 0 Å². The fraction of sp³-hybridized carbons (Fsp3) is 0.364. The van der Waals surface area contributed by atoms with E-state index in [2.05, 4.69) is 9.71 Å². The highest BCUT2D eigenvalue weighted by atomic mass is 32.2. The molecule has 1 heterocycles. The first kappa shape index (κ1) is 21.8. The van der Waals surface area contributed by atoms with Crippen LogP contribution in [0.25, 0.3) is 0 Å². The van der Waals surface area contributed by atoms with E-state index in [0.29, 0.717) is 37.4 Å². The zero-order valence-corrected chi connectivity index (χ0v) is 17.8. The van der Waals surface area contributed by atoms with Gasteiger partial charge < -0.3 is 9.47 Å². The largest absolute Gasteiger partial charge is 0.493 e. The van der Waals surface area contributed by atoms with Crippen LogP contribution in [0, 0.1) is 0 Å². The van der Waals surface area contributed by atoms with Crippen LogP contribution in [0.4, 0.5) is 0 Å². The summed E-state index contributed by atoms with van der Waals surface area (Å²) in [5.74, 6) is 0.874. The molecule has 0 saturated carbocycles. The standard InChI is InChI=1S/C22H26N2O5S/c1-2-28-19-12-7-5-10-17(19)16-29-21(25)14-4-3-9-15-23-22-18-11-6-8-13-20(18)30(26,27)24-22/h5-8,10-13H,2-4,9,14-16H2,1H3,(H,23,24). The lowest BCUT2D eigenvalue weighted by Crippen LogP contribution is -2.22. The van der Waals surface area contributed by atoms with Crippen LogP contribution in [0.2, 0.25) is 0 Å². The van der Waals surface area contributed by atoms with Crippen LogP contribution in [0.15, 0.2) is 58.4 Å². The quantitative estimate of drug-likeness (QED) is 0.460. The summed E-state index contributed by atoms with van der Waals surface area (Å²) in [6.07, 6.45) is 2.59. The number of nitrogens with zero attached hydrogens (tertiary/aromatic N) is 1. The predicted octanol–water partition coefficient (Wildman–Crippen LogP) is 3.43. The molecule has 30 heavy (non-hydrogen) atoms. The Kier molecular flexibility index (Phi) is 7.46. The van der Waals surface area contributed by atoms with Crippen molar-refractivity contribution in [3.05, 3.63) is 59.7 Å². The highest BCUT2D eigenvalue weighted by molar-refractivity contribution is 7.90. The van der Waals surface area contributed by atoms with Crippen LogP contribution in [-0.4, -0.2) is 33.4 Å². The van der Waals surface area contributed by atoms with Crippen LogP contribution in [-0.2, 0) is 26.2 Å². The SMILES string of the molecule is CCOc1ccccc1COC(=O)CCCCCN=C1NS(=O)(=O)c2ccccc21. The predicted molar refractivity (Wildman–Crippen MR) is 114 cm³/mol. The molecule has 0 aliphatic carbocycles. The van der Waals surface area contributed by atoms with Gasteiger partial charge in [-0.15, -0.1) is 0 Å². The molecule has 0 aromatic heterocycles.